The lowest BCUT2D eigenvalue weighted by molar-refractivity contribution is -0.133. The summed E-state index contributed by atoms with van der Waals surface area (Å²) in [5, 5.41) is 2.94. The summed E-state index contributed by atoms with van der Waals surface area (Å²) in [4.78, 5) is 41.4. The molecule has 2 aromatic rings. The van der Waals surface area contributed by atoms with Gasteiger partial charge in [0.25, 0.3) is 5.91 Å². The van der Waals surface area contributed by atoms with Crippen LogP contribution in [0.5, 0.6) is 0 Å². The number of hydrogen-bond donors (Lipinski definition) is 1. The van der Waals surface area contributed by atoms with Gasteiger partial charge in [0.15, 0.2) is 5.78 Å². The second-order valence-electron chi connectivity index (χ2n) is 7.95. The topological polar surface area (TPSA) is 69.7 Å². The molecule has 1 saturated heterocycles. The van der Waals surface area contributed by atoms with Crippen LogP contribution in [-0.2, 0) is 22.6 Å². The maximum absolute atomic E-state index is 12.7. The summed E-state index contributed by atoms with van der Waals surface area (Å²) in [5.41, 5.74) is 2.32. The van der Waals surface area contributed by atoms with E-state index in [9.17, 15) is 14.4 Å². The van der Waals surface area contributed by atoms with Crippen LogP contribution >= 0.6 is 0 Å². The van der Waals surface area contributed by atoms with Gasteiger partial charge in [0.05, 0.1) is 6.54 Å². The van der Waals surface area contributed by atoms with Crippen LogP contribution in [-0.4, -0.2) is 60.1 Å². The molecule has 0 bridgehead atoms. The quantitative estimate of drug-likeness (QED) is 0.676. The Morgan fingerprint density at radius 2 is 1.58 bits per heavy atom. The standard InChI is InChI=1S/C25H31N3O3/c1-2-8-24(30)28-15-13-27(14-16-28)19-22(29)17-21-11-6-7-12-23(21)25(31)26-18-20-9-4-3-5-10-20/h3-7,9-12H,2,8,13-19H2,1H3,(H,26,31). The number of nitrogens with zero attached hydrogens (tertiary/aromatic N) is 2. The Morgan fingerprint density at radius 1 is 0.903 bits per heavy atom. The predicted octanol–water partition coefficient (Wildman–Crippen LogP) is 2.67. The molecule has 1 N–H and O–H groups in total. The number of nitrogens with one attached hydrogen (secondary N) is 1. The van der Waals surface area contributed by atoms with Gasteiger partial charge in [-0.05, 0) is 23.6 Å². The van der Waals surface area contributed by atoms with E-state index < -0.39 is 0 Å². The van der Waals surface area contributed by atoms with Gasteiger partial charge in [-0.3, -0.25) is 19.3 Å². The number of ketones is 1. The highest BCUT2D eigenvalue weighted by atomic mass is 16.2. The van der Waals surface area contributed by atoms with Crippen molar-refractivity contribution >= 4 is 17.6 Å². The molecule has 2 amide bonds. The van der Waals surface area contributed by atoms with Crippen molar-refractivity contribution in [1.82, 2.24) is 15.1 Å². The molecular weight excluding hydrogens is 390 g/mol. The van der Waals surface area contributed by atoms with E-state index in [0.29, 0.717) is 51.3 Å². The first-order valence-corrected chi connectivity index (χ1v) is 11.0. The minimum atomic E-state index is -0.171. The predicted molar refractivity (Wildman–Crippen MR) is 121 cm³/mol. The Labute approximate surface area is 184 Å². The fraction of sp³-hybridized carbons (Fsp3) is 0.400. The molecule has 2 aromatic carbocycles. The molecular formula is C25H31N3O3. The van der Waals surface area contributed by atoms with Crippen molar-refractivity contribution in [2.24, 2.45) is 0 Å². The Hall–Kier alpha value is -2.99. The number of carbonyl (C=O) groups is 3. The van der Waals surface area contributed by atoms with Gasteiger partial charge in [0, 0.05) is 51.1 Å². The van der Waals surface area contributed by atoms with Gasteiger partial charge in [-0.1, -0.05) is 55.5 Å². The molecule has 1 aliphatic rings. The SMILES string of the molecule is CCCC(=O)N1CCN(CC(=O)Cc2ccccc2C(=O)NCc2ccccc2)CC1. The number of amides is 2. The molecule has 0 unspecified atom stereocenters. The maximum Gasteiger partial charge on any atom is 0.251 e. The first-order valence-electron chi connectivity index (χ1n) is 11.0. The van der Waals surface area contributed by atoms with Crippen LogP contribution < -0.4 is 5.32 Å². The summed E-state index contributed by atoms with van der Waals surface area (Å²) in [6, 6.07) is 17.0. The summed E-state index contributed by atoms with van der Waals surface area (Å²) < 4.78 is 0. The normalized spacial score (nSPS) is 14.3. The van der Waals surface area contributed by atoms with Gasteiger partial charge >= 0.3 is 0 Å². The molecule has 1 heterocycles. The second kappa shape index (κ2) is 11.4. The van der Waals surface area contributed by atoms with E-state index in [0.717, 1.165) is 17.5 Å². The van der Waals surface area contributed by atoms with Gasteiger partial charge in [0.1, 0.15) is 0 Å². The van der Waals surface area contributed by atoms with Crippen LogP contribution in [0.4, 0.5) is 0 Å². The molecule has 1 aliphatic heterocycles. The van der Waals surface area contributed by atoms with E-state index in [1.165, 1.54) is 0 Å². The largest absolute Gasteiger partial charge is 0.348 e. The zero-order chi connectivity index (χ0) is 22.1. The number of benzene rings is 2. The van der Waals surface area contributed by atoms with Crippen LogP contribution in [0.3, 0.4) is 0 Å². The number of carbonyl (C=O) groups excluding carboxylic acids is 3. The fourth-order valence-corrected chi connectivity index (χ4v) is 3.81. The van der Waals surface area contributed by atoms with Crippen molar-refractivity contribution in [3.05, 3.63) is 71.3 Å². The summed E-state index contributed by atoms with van der Waals surface area (Å²) >= 11 is 0. The molecule has 6 nitrogen and oxygen atoms in total. The van der Waals surface area contributed by atoms with Crippen molar-refractivity contribution < 1.29 is 14.4 Å². The van der Waals surface area contributed by atoms with Gasteiger partial charge in [-0.25, -0.2) is 0 Å². The van der Waals surface area contributed by atoms with Gasteiger partial charge < -0.3 is 10.2 Å². The van der Waals surface area contributed by atoms with Crippen LogP contribution in [0.1, 0.15) is 41.3 Å². The molecule has 0 aromatic heterocycles. The average molecular weight is 422 g/mol. The lowest BCUT2D eigenvalue weighted by atomic mass is 10.0. The summed E-state index contributed by atoms with van der Waals surface area (Å²) in [6.45, 7) is 5.56. The highest BCUT2D eigenvalue weighted by Gasteiger charge is 2.22. The Morgan fingerprint density at radius 3 is 2.29 bits per heavy atom. The monoisotopic (exact) mass is 421 g/mol. The van der Waals surface area contributed by atoms with E-state index in [1.54, 1.807) is 6.07 Å². The number of piperazine rings is 1. The van der Waals surface area contributed by atoms with E-state index in [4.69, 9.17) is 0 Å². The van der Waals surface area contributed by atoms with Gasteiger partial charge in [-0.15, -0.1) is 0 Å². The molecule has 0 atom stereocenters. The minimum absolute atomic E-state index is 0.0802. The van der Waals surface area contributed by atoms with Crippen molar-refractivity contribution in [2.45, 2.75) is 32.7 Å². The third kappa shape index (κ3) is 6.76. The molecule has 0 aliphatic carbocycles. The summed E-state index contributed by atoms with van der Waals surface area (Å²) in [7, 11) is 0. The smallest absolute Gasteiger partial charge is 0.251 e. The second-order valence-corrected chi connectivity index (χ2v) is 7.95. The van der Waals surface area contributed by atoms with E-state index in [2.05, 4.69) is 10.2 Å². The lowest BCUT2D eigenvalue weighted by Crippen LogP contribution is -2.50. The van der Waals surface area contributed by atoms with E-state index in [1.807, 2.05) is 60.4 Å². The average Bonchev–Trinajstić information content (AvgIpc) is 2.79. The molecule has 3 rings (SSSR count). The number of Topliss-reactive ketones (excluding diaryl/α,β-unsaturated/α-hetero) is 1. The zero-order valence-corrected chi connectivity index (χ0v) is 18.2. The Bertz CT molecular complexity index is 890. The van der Waals surface area contributed by atoms with Gasteiger partial charge in [0.2, 0.25) is 5.91 Å². The molecule has 0 radical (unpaired) electrons. The number of hydrogen-bond acceptors (Lipinski definition) is 4. The molecule has 164 valence electrons. The first kappa shape index (κ1) is 22.7. The number of rotatable bonds is 9. The third-order valence-electron chi connectivity index (χ3n) is 5.53. The highest BCUT2D eigenvalue weighted by molar-refractivity contribution is 5.97. The molecule has 0 spiro atoms. The van der Waals surface area contributed by atoms with E-state index in [-0.39, 0.29) is 24.0 Å². The van der Waals surface area contributed by atoms with Crippen molar-refractivity contribution in [2.75, 3.05) is 32.7 Å². The first-order chi connectivity index (χ1) is 15.1. The summed E-state index contributed by atoms with van der Waals surface area (Å²) in [6.07, 6.45) is 1.67. The zero-order valence-electron chi connectivity index (χ0n) is 18.2. The van der Waals surface area contributed by atoms with Crippen LogP contribution in [0.25, 0.3) is 0 Å². The summed E-state index contributed by atoms with van der Waals surface area (Å²) in [5.74, 6) is 0.107. The van der Waals surface area contributed by atoms with Crippen molar-refractivity contribution in [3.63, 3.8) is 0 Å². The molecule has 1 fully saturated rings. The van der Waals surface area contributed by atoms with Crippen molar-refractivity contribution in [3.8, 4) is 0 Å². The van der Waals surface area contributed by atoms with Crippen molar-refractivity contribution in [1.29, 1.82) is 0 Å². The molecule has 0 saturated carbocycles. The third-order valence-corrected chi connectivity index (χ3v) is 5.53. The maximum atomic E-state index is 12.7. The Balaban J connectivity index is 1.51. The van der Waals surface area contributed by atoms with Crippen LogP contribution in [0, 0.1) is 0 Å². The van der Waals surface area contributed by atoms with Crippen LogP contribution in [0.15, 0.2) is 54.6 Å². The lowest BCUT2D eigenvalue weighted by Gasteiger charge is -2.34. The van der Waals surface area contributed by atoms with Gasteiger partial charge in [-0.2, -0.15) is 0 Å². The van der Waals surface area contributed by atoms with E-state index >= 15 is 0 Å². The Kier molecular flexibility index (Phi) is 8.35. The highest BCUT2D eigenvalue weighted by Crippen LogP contribution is 2.12. The molecule has 6 heteroatoms. The van der Waals surface area contributed by atoms with Crippen LogP contribution in [0.2, 0.25) is 0 Å². The molecule has 31 heavy (non-hydrogen) atoms. The minimum Gasteiger partial charge on any atom is -0.348 e. The fourth-order valence-electron chi connectivity index (χ4n) is 3.81.